The van der Waals surface area contributed by atoms with E-state index < -0.39 is 22.0 Å². The van der Waals surface area contributed by atoms with Gasteiger partial charge in [-0.2, -0.15) is 4.31 Å². The van der Waals surface area contributed by atoms with Crippen LogP contribution in [0.2, 0.25) is 0 Å². The number of benzene rings is 2. The second-order valence-electron chi connectivity index (χ2n) is 8.10. The number of carbonyl (C=O) groups is 2. The molecule has 1 aliphatic heterocycles. The van der Waals surface area contributed by atoms with Crippen LogP contribution in [0.1, 0.15) is 16.1 Å². The van der Waals surface area contributed by atoms with E-state index in [0.717, 1.165) is 5.56 Å². The van der Waals surface area contributed by atoms with Gasteiger partial charge >= 0.3 is 0 Å². The SMILES string of the molecule is COc1ccc(S(=O)(=O)N2CCN(C(=O)[C@H](Cc3ccccc3)NC(=O)c3ccco3)CC2)cc1. The molecule has 1 saturated heterocycles. The van der Waals surface area contributed by atoms with Crippen LogP contribution in [-0.2, 0) is 21.2 Å². The first kappa shape index (κ1) is 24.5. The fraction of sp³-hybridized carbons (Fsp3) is 0.280. The van der Waals surface area contributed by atoms with Crippen molar-refractivity contribution in [2.75, 3.05) is 33.3 Å². The third-order valence-electron chi connectivity index (χ3n) is 5.88. The number of furan rings is 1. The van der Waals surface area contributed by atoms with E-state index in [1.54, 1.807) is 23.1 Å². The maximum absolute atomic E-state index is 13.4. The molecule has 0 bridgehead atoms. The lowest BCUT2D eigenvalue weighted by molar-refractivity contribution is -0.134. The molecule has 0 radical (unpaired) electrons. The van der Waals surface area contributed by atoms with Gasteiger partial charge in [-0.15, -0.1) is 0 Å². The second-order valence-corrected chi connectivity index (χ2v) is 10.0. The maximum atomic E-state index is 13.4. The monoisotopic (exact) mass is 497 g/mol. The molecule has 4 rings (SSSR count). The van der Waals surface area contributed by atoms with Gasteiger partial charge in [0.25, 0.3) is 5.91 Å². The van der Waals surface area contributed by atoms with Crippen LogP contribution in [0, 0.1) is 0 Å². The summed E-state index contributed by atoms with van der Waals surface area (Å²) in [7, 11) is -2.18. The number of methoxy groups -OCH3 is 1. The maximum Gasteiger partial charge on any atom is 0.287 e. The lowest BCUT2D eigenvalue weighted by Crippen LogP contribution is -2.56. The number of amides is 2. The summed E-state index contributed by atoms with van der Waals surface area (Å²) < 4.78 is 37.7. The Morgan fingerprint density at radius 2 is 1.66 bits per heavy atom. The highest BCUT2D eigenvalue weighted by molar-refractivity contribution is 7.89. The van der Waals surface area contributed by atoms with Crippen molar-refractivity contribution in [1.82, 2.24) is 14.5 Å². The lowest BCUT2D eigenvalue weighted by Gasteiger charge is -2.36. The number of carbonyl (C=O) groups excluding carboxylic acids is 2. The normalized spacial score (nSPS) is 15.4. The topological polar surface area (TPSA) is 109 Å². The molecule has 1 aromatic heterocycles. The number of hydrogen-bond acceptors (Lipinski definition) is 6. The Hall–Kier alpha value is -3.63. The number of sulfonamides is 1. The first-order valence-electron chi connectivity index (χ1n) is 11.2. The summed E-state index contributed by atoms with van der Waals surface area (Å²) >= 11 is 0. The summed E-state index contributed by atoms with van der Waals surface area (Å²) in [6, 6.07) is 17.9. The Bertz CT molecular complexity index is 1240. The molecule has 184 valence electrons. The Morgan fingerprint density at radius 1 is 0.971 bits per heavy atom. The fourth-order valence-corrected chi connectivity index (χ4v) is 5.38. The van der Waals surface area contributed by atoms with E-state index in [4.69, 9.17) is 9.15 Å². The first-order chi connectivity index (χ1) is 16.9. The van der Waals surface area contributed by atoms with Gasteiger partial charge in [0.1, 0.15) is 11.8 Å². The van der Waals surface area contributed by atoms with Crippen molar-refractivity contribution in [1.29, 1.82) is 0 Å². The van der Waals surface area contributed by atoms with Crippen molar-refractivity contribution in [2.24, 2.45) is 0 Å². The van der Waals surface area contributed by atoms with Crippen LogP contribution in [0.5, 0.6) is 5.75 Å². The molecule has 2 aromatic carbocycles. The molecule has 1 atom stereocenters. The third-order valence-corrected chi connectivity index (χ3v) is 7.79. The third kappa shape index (κ3) is 5.72. The van der Waals surface area contributed by atoms with Gasteiger partial charge < -0.3 is 19.4 Å². The molecule has 0 spiro atoms. The van der Waals surface area contributed by atoms with E-state index >= 15 is 0 Å². The summed E-state index contributed by atoms with van der Waals surface area (Å²) in [6.07, 6.45) is 1.70. The average Bonchev–Trinajstić information content (AvgIpc) is 3.44. The van der Waals surface area contributed by atoms with Gasteiger partial charge in [0.05, 0.1) is 18.3 Å². The number of ether oxygens (including phenoxy) is 1. The Morgan fingerprint density at radius 3 is 2.26 bits per heavy atom. The quantitative estimate of drug-likeness (QED) is 0.511. The zero-order valence-electron chi connectivity index (χ0n) is 19.3. The Kier molecular flexibility index (Phi) is 7.52. The molecule has 0 aliphatic carbocycles. The fourth-order valence-electron chi connectivity index (χ4n) is 3.95. The minimum Gasteiger partial charge on any atom is -0.497 e. The smallest absolute Gasteiger partial charge is 0.287 e. The molecule has 9 nitrogen and oxygen atoms in total. The standard InChI is InChI=1S/C25H27N3O6S/c1-33-20-9-11-21(12-10-20)35(31,32)28-15-13-27(14-16-28)25(30)22(18-19-6-3-2-4-7-19)26-24(29)23-8-5-17-34-23/h2-12,17,22H,13-16,18H2,1H3,(H,26,29)/t22-/m0/s1. The molecular formula is C25H27N3O6S. The van der Waals surface area contributed by atoms with Gasteiger partial charge in [0.15, 0.2) is 5.76 Å². The van der Waals surface area contributed by atoms with E-state index in [1.807, 2.05) is 30.3 Å². The molecular weight excluding hydrogens is 470 g/mol. The van der Waals surface area contributed by atoms with Crippen molar-refractivity contribution in [3.05, 3.63) is 84.3 Å². The molecule has 2 heterocycles. The Labute approximate surface area is 204 Å². The van der Waals surface area contributed by atoms with Crippen LogP contribution >= 0.6 is 0 Å². The molecule has 35 heavy (non-hydrogen) atoms. The van der Waals surface area contributed by atoms with Crippen molar-refractivity contribution in [3.8, 4) is 5.75 Å². The van der Waals surface area contributed by atoms with Crippen molar-refractivity contribution < 1.29 is 27.2 Å². The highest BCUT2D eigenvalue weighted by Gasteiger charge is 2.33. The van der Waals surface area contributed by atoms with E-state index in [0.29, 0.717) is 12.2 Å². The zero-order chi connectivity index (χ0) is 24.8. The second kappa shape index (κ2) is 10.7. The lowest BCUT2D eigenvalue weighted by atomic mass is 10.0. The van der Waals surface area contributed by atoms with E-state index in [-0.39, 0.29) is 42.7 Å². The van der Waals surface area contributed by atoms with Crippen LogP contribution in [0.4, 0.5) is 0 Å². The van der Waals surface area contributed by atoms with Gasteiger partial charge in [-0.05, 0) is 42.0 Å². The van der Waals surface area contributed by atoms with Crippen molar-refractivity contribution >= 4 is 21.8 Å². The predicted octanol–water partition coefficient (Wildman–Crippen LogP) is 2.16. The van der Waals surface area contributed by atoms with Gasteiger partial charge in [0, 0.05) is 32.6 Å². The highest BCUT2D eigenvalue weighted by Crippen LogP contribution is 2.21. The van der Waals surface area contributed by atoms with Crippen LogP contribution in [-0.4, -0.2) is 68.8 Å². The number of hydrogen-bond donors (Lipinski definition) is 1. The molecule has 1 N–H and O–H groups in total. The van der Waals surface area contributed by atoms with Crippen LogP contribution in [0.3, 0.4) is 0 Å². The average molecular weight is 498 g/mol. The van der Waals surface area contributed by atoms with Crippen LogP contribution in [0.15, 0.2) is 82.3 Å². The summed E-state index contributed by atoms with van der Waals surface area (Å²) in [5.74, 6) is -0.0630. The van der Waals surface area contributed by atoms with E-state index in [9.17, 15) is 18.0 Å². The molecule has 1 aliphatic rings. The number of nitrogens with zero attached hydrogens (tertiary/aromatic N) is 2. The van der Waals surface area contributed by atoms with Crippen LogP contribution in [0.25, 0.3) is 0 Å². The van der Waals surface area contributed by atoms with Crippen molar-refractivity contribution in [3.63, 3.8) is 0 Å². The first-order valence-corrected chi connectivity index (χ1v) is 12.6. The predicted molar refractivity (Wildman–Crippen MR) is 128 cm³/mol. The largest absolute Gasteiger partial charge is 0.497 e. The van der Waals surface area contributed by atoms with E-state index in [1.165, 1.54) is 35.9 Å². The number of nitrogens with one attached hydrogen (secondary N) is 1. The number of rotatable bonds is 8. The van der Waals surface area contributed by atoms with Crippen LogP contribution < -0.4 is 10.1 Å². The minimum absolute atomic E-state index is 0.117. The summed E-state index contributed by atoms with van der Waals surface area (Å²) in [4.78, 5) is 27.8. The van der Waals surface area contributed by atoms with Crippen molar-refractivity contribution in [2.45, 2.75) is 17.4 Å². The molecule has 0 saturated carbocycles. The molecule has 0 unspecified atom stereocenters. The molecule has 10 heteroatoms. The number of piperazine rings is 1. The molecule has 2 amide bonds. The van der Waals surface area contributed by atoms with E-state index in [2.05, 4.69) is 5.32 Å². The Balaban J connectivity index is 1.44. The minimum atomic E-state index is -3.70. The molecule has 3 aromatic rings. The van der Waals surface area contributed by atoms with Gasteiger partial charge in [-0.25, -0.2) is 8.42 Å². The van der Waals surface area contributed by atoms with Gasteiger partial charge in [-0.1, -0.05) is 30.3 Å². The van der Waals surface area contributed by atoms with Gasteiger partial charge in [-0.3, -0.25) is 9.59 Å². The van der Waals surface area contributed by atoms with Gasteiger partial charge in [0.2, 0.25) is 15.9 Å². The summed E-state index contributed by atoms with van der Waals surface area (Å²) in [5, 5.41) is 2.78. The highest BCUT2D eigenvalue weighted by atomic mass is 32.2. The summed E-state index contributed by atoms with van der Waals surface area (Å²) in [5.41, 5.74) is 0.895. The zero-order valence-corrected chi connectivity index (χ0v) is 20.1. The summed E-state index contributed by atoms with van der Waals surface area (Å²) in [6.45, 7) is 0.751. The molecule has 1 fully saturated rings.